The summed E-state index contributed by atoms with van der Waals surface area (Å²) in [5.74, 6) is -0.510. The SMILES string of the molecule is N#C[C@H](c1ccccc1)N(CCOCCOCCN(C(=O)c1ccccc1)[C@H](C#N)c1ccccc1)C(=O)c1ccccc1. The van der Waals surface area contributed by atoms with Gasteiger partial charge in [0.1, 0.15) is 12.1 Å². The van der Waals surface area contributed by atoms with E-state index in [1.165, 1.54) is 9.80 Å². The van der Waals surface area contributed by atoms with Crippen molar-refractivity contribution in [2.24, 2.45) is 0 Å². The summed E-state index contributed by atoms with van der Waals surface area (Å²) in [5, 5.41) is 20.0. The van der Waals surface area contributed by atoms with Gasteiger partial charge in [-0.3, -0.25) is 9.59 Å². The van der Waals surface area contributed by atoms with Gasteiger partial charge in [0, 0.05) is 24.2 Å². The largest absolute Gasteiger partial charge is 0.377 e. The highest BCUT2D eigenvalue weighted by Crippen LogP contribution is 2.23. The maximum Gasteiger partial charge on any atom is 0.255 e. The predicted molar refractivity (Wildman–Crippen MR) is 166 cm³/mol. The molecule has 8 nitrogen and oxygen atoms in total. The Morgan fingerprint density at radius 1 is 0.523 bits per heavy atom. The first-order chi connectivity index (χ1) is 21.6. The van der Waals surface area contributed by atoms with Gasteiger partial charge in [0.2, 0.25) is 0 Å². The van der Waals surface area contributed by atoms with Crippen molar-refractivity contribution >= 4 is 11.8 Å². The lowest BCUT2D eigenvalue weighted by Gasteiger charge is -2.28. The van der Waals surface area contributed by atoms with E-state index in [2.05, 4.69) is 12.1 Å². The van der Waals surface area contributed by atoms with Gasteiger partial charge in [-0.15, -0.1) is 0 Å². The minimum Gasteiger partial charge on any atom is -0.377 e. The lowest BCUT2D eigenvalue weighted by Crippen LogP contribution is -2.37. The van der Waals surface area contributed by atoms with Crippen molar-refractivity contribution in [2.45, 2.75) is 12.1 Å². The molecule has 44 heavy (non-hydrogen) atoms. The minimum absolute atomic E-state index is 0.204. The molecule has 4 aromatic rings. The molecular formula is C36H34N4O4. The molecule has 0 aromatic heterocycles. The summed E-state index contributed by atoms with van der Waals surface area (Å²) in [6, 6.07) is 39.1. The molecule has 0 fully saturated rings. The first-order valence-electron chi connectivity index (χ1n) is 14.4. The van der Waals surface area contributed by atoms with Gasteiger partial charge >= 0.3 is 0 Å². The average Bonchev–Trinajstić information content (AvgIpc) is 3.09. The van der Waals surface area contributed by atoms with E-state index in [4.69, 9.17) is 9.47 Å². The molecule has 0 aliphatic rings. The van der Waals surface area contributed by atoms with Crippen LogP contribution in [0.3, 0.4) is 0 Å². The second kappa shape index (κ2) is 17.0. The van der Waals surface area contributed by atoms with Crippen molar-refractivity contribution < 1.29 is 19.1 Å². The molecule has 0 spiro atoms. The average molecular weight is 587 g/mol. The molecule has 0 saturated carbocycles. The molecule has 0 saturated heterocycles. The van der Waals surface area contributed by atoms with Gasteiger partial charge in [0.05, 0.1) is 38.6 Å². The van der Waals surface area contributed by atoms with E-state index < -0.39 is 12.1 Å². The van der Waals surface area contributed by atoms with Crippen LogP contribution in [0.1, 0.15) is 43.9 Å². The highest BCUT2D eigenvalue weighted by atomic mass is 16.5. The van der Waals surface area contributed by atoms with Crippen LogP contribution in [0.4, 0.5) is 0 Å². The number of hydrogen-bond donors (Lipinski definition) is 0. The molecule has 4 rings (SSSR count). The van der Waals surface area contributed by atoms with Crippen LogP contribution in [0.2, 0.25) is 0 Å². The number of rotatable bonds is 15. The van der Waals surface area contributed by atoms with E-state index in [1.807, 2.05) is 72.8 Å². The highest BCUT2D eigenvalue weighted by Gasteiger charge is 2.27. The zero-order valence-corrected chi connectivity index (χ0v) is 24.4. The molecule has 0 aliphatic carbocycles. The zero-order valence-electron chi connectivity index (χ0n) is 24.4. The molecule has 2 amide bonds. The summed E-state index contributed by atoms with van der Waals surface area (Å²) in [6.07, 6.45) is 0. The van der Waals surface area contributed by atoms with Gasteiger partial charge in [-0.2, -0.15) is 10.5 Å². The van der Waals surface area contributed by atoms with Gasteiger partial charge in [-0.1, -0.05) is 97.1 Å². The smallest absolute Gasteiger partial charge is 0.255 e. The molecule has 222 valence electrons. The van der Waals surface area contributed by atoms with E-state index in [9.17, 15) is 20.1 Å². The second-order valence-corrected chi connectivity index (χ2v) is 9.84. The Morgan fingerprint density at radius 3 is 1.16 bits per heavy atom. The normalized spacial score (nSPS) is 11.9. The Hall–Kier alpha value is -5.28. The van der Waals surface area contributed by atoms with Crippen molar-refractivity contribution in [3.8, 4) is 12.1 Å². The first-order valence-corrected chi connectivity index (χ1v) is 14.4. The van der Waals surface area contributed by atoms with Crippen molar-refractivity contribution in [3.05, 3.63) is 144 Å². The Morgan fingerprint density at radius 2 is 0.841 bits per heavy atom. The van der Waals surface area contributed by atoms with E-state index in [1.54, 1.807) is 48.5 Å². The van der Waals surface area contributed by atoms with Gasteiger partial charge < -0.3 is 19.3 Å². The molecule has 0 unspecified atom stereocenters. The number of nitriles is 2. The number of benzene rings is 4. The van der Waals surface area contributed by atoms with Gasteiger partial charge in [0.15, 0.2) is 0 Å². The minimum atomic E-state index is -0.769. The highest BCUT2D eigenvalue weighted by molar-refractivity contribution is 5.95. The fourth-order valence-electron chi connectivity index (χ4n) is 4.76. The third-order valence-corrected chi connectivity index (χ3v) is 6.99. The van der Waals surface area contributed by atoms with Crippen LogP contribution in [-0.4, -0.2) is 61.1 Å². The first kappa shape index (κ1) is 31.7. The predicted octanol–water partition coefficient (Wildman–Crippen LogP) is 5.83. The van der Waals surface area contributed by atoms with Crippen molar-refractivity contribution in [3.63, 3.8) is 0 Å². The number of carbonyl (C=O) groups excluding carboxylic acids is 2. The molecule has 8 heteroatoms. The zero-order chi connectivity index (χ0) is 31.0. The molecule has 0 heterocycles. The van der Waals surface area contributed by atoms with Gasteiger partial charge in [-0.25, -0.2) is 0 Å². The third-order valence-electron chi connectivity index (χ3n) is 6.99. The van der Waals surface area contributed by atoms with Crippen molar-refractivity contribution in [1.82, 2.24) is 9.80 Å². The number of ether oxygens (including phenoxy) is 2. The molecule has 0 N–H and O–H groups in total. The lowest BCUT2D eigenvalue weighted by molar-refractivity contribution is 0.0249. The molecule has 0 aliphatic heterocycles. The molecule has 4 aromatic carbocycles. The Labute approximate surface area is 258 Å². The molecule has 2 atom stereocenters. The van der Waals surface area contributed by atoms with E-state index in [0.29, 0.717) is 11.1 Å². The fourth-order valence-corrected chi connectivity index (χ4v) is 4.76. The van der Waals surface area contributed by atoms with Crippen LogP contribution < -0.4 is 0 Å². The summed E-state index contributed by atoms with van der Waals surface area (Å²) in [6.45, 7) is 1.33. The molecule has 0 radical (unpaired) electrons. The monoisotopic (exact) mass is 586 g/mol. The number of hydrogen-bond acceptors (Lipinski definition) is 6. The summed E-state index contributed by atoms with van der Waals surface area (Å²) in [4.78, 5) is 29.8. The number of carbonyl (C=O) groups is 2. The molecule has 0 bridgehead atoms. The van der Waals surface area contributed by atoms with Crippen LogP contribution in [0.5, 0.6) is 0 Å². The topological polar surface area (TPSA) is 107 Å². The quantitative estimate of drug-likeness (QED) is 0.162. The third kappa shape index (κ3) is 8.62. The van der Waals surface area contributed by atoms with Gasteiger partial charge in [-0.05, 0) is 35.4 Å². The summed E-state index contributed by atoms with van der Waals surface area (Å²) >= 11 is 0. The van der Waals surface area contributed by atoms with Crippen LogP contribution in [-0.2, 0) is 9.47 Å². The van der Waals surface area contributed by atoms with Crippen molar-refractivity contribution in [1.29, 1.82) is 10.5 Å². The van der Waals surface area contributed by atoms with Gasteiger partial charge in [0.25, 0.3) is 11.8 Å². The van der Waals surface area contributed by atoms with Crippen LogP contribution in [0.15, 0.2) is 121 Å². The standard InChI is InChI=1S/C36H34N4O4/c37-27-33(29-13-5-1-6-14-29)39(35(41)31-17-9-3-10-18-31)21-23-43-25-26-44-24-22-40(36(42)32-19-11-4-12-20-32)34(28-38)30-15-7-2-8-16-30/h1-20,33-34H,21-26H2/t33-,34-/m1/s1. The number of nitrogens with zero attached hydrogens (tertiary/aromatic N) is 4. The van der Waals surface area contributed by atoms with Crippen LogP contribution in [0, 0.1) is 22.7 Å². The Bertz CT molecular complexity index is 1420. The summed E-state index contributed by atoms with van der Waals surface area (Å²) < 4.78 is 11.6. The van der Waals surface area contributed by atoms with Crippen LogP contribution >= 0.6 is 0 Å². The van der Waals surface area contributed by atoms with Crippen molar-refractivity contribution in [2.75, 3.05) is 39.5 Å². The lowest BCUT2D eigenvalue weighted by atomic mass is 10.1. The summed E-state index contributed by atoms with van der Waals surface area (Å²) in [7, 11) is 0. The fraction of sp³-hybridized carbons (Fsp3) is 0.222. The van der Waals surface area contributed by atoms with E-state index in [0.717, 1.165) is 11.1 Å². The maximum absolute atomic E-state index is 13.4. The summed E-state index contributed by atoms with van der Waals surface area (Å²) in [5.41, 5.74) is 2.44. The second-order valence-electron chi connectivity index (χ2n) is 9.84. The maximum atomic E-state index is 13.4. The number of amides is 2. The Kier molecular flexibility index (Phi) is 12.2. The van der Waals surface area contributed by atoms with E-state index in [-0.39, 0.29) is 51.3 Å². The molecular weight excluding hydrogens is 552 g/mol. The Balaban J connectivity index is 1.31. The van der Waals surface area contributed by atoms with Crippen LogP contribution in [0.25, 0.3) is 0 Å². The van der Waals surface area contributed by atoms with E-state index >= 15 is 0 Å².